The summed E-state index contributed by atoms with van der Waals surface area (Å²) >= 11 is 13.6. The topological polar surface area (TPSA) is 69.6 Å². The first-order valence-electron chi connectivity index (χ1n) is 6.21. The van der Waals surface area contributed by atoms with Gasteiger partial charge in [0.15, 0.2) is 0 Å². The van der Waals surface area contributed by atoms with Gasteiger partial charge in [-0.05, 0) is 25.5 Å². The highest BCUT2D eigenvalue weighted by Crippen LogP contribution is 2.35. The molecule has 1 aromatic rings. The Morgan fingerprint density at radius 1 is 1.43 bits per heavy atom. The number of carboxylic acid groups (broad SMARTS) is 1. The van der Waals surface area contributed by atoms with Crippen LogP contribution >= 0.6 is 35.0 Å². The molecule has 2 unspecified atom stereocenters. The largest absolute Gasteiger partial charge is 0.480 e. The maximum Gasteiger partial charge on any atom is 0.327 e. The lowest BCUT2D eigenvalue weighted by Gasteiger charge is -2.25. The summed E-state index contributed by atoms with van der Waals surface area (Å²) in [5.41, 5.74) is 1.08. The number of aryl methyl sites for hydroxylation is 1. The number of carbonyl (C=O) groups excluding carboxylic acids is 1. The number of carbonyl (C=O) groups is 2. The summed E-state index contributed by atoms with van der Waals surface area (Å²) in [5.74, 6) is -0.664. The van der Waals surface area contributed by atoms with Crippen LogP contribution in [0.3, 0.4) is 0 Å². The van der Waals surface area contributed by atoms with Crippen LogP contribution in [0, 0.1) is 6.92 Å². The van der Waals surface area contributed by atoms with Gasteiger partial charge in [0.25, 0.3) is 0 Å². The summed E-state index contributed by atoms with van der Waals surface area (Å²) in [6.45, 7) is 3.58. The maximum absolute atomic E-state index is 12.4. The van der Waals surface area contributed by atoms with Crippen LogP contribution in [0.4, 0.5) is 10.5 Å². The van der Waals surface area contributed by atoms with Crippen LogP contribution in [0.25, 0.3) is 0 Å². The Labute approximate surface area is 136 Å². The lowest BCUT2D eigenvalue weighted by molar-refractivity contribution is -0.141. The van der Waals surface area contributed by atoms with Crippen molar-refractivity contribution < 1.29 is 14.7 Å². The Bertz CT molecular complexity index is 597. The number of rotatable bonds is 2. The van der Waals surface area contributed by atoms with E-state index >= 15 is 0 Å². The number of hydrogen-bond donors (Lipinski definition) is 2. The molecule has 114 valence electrons. The second-order valence-electron chi connectivity index (χ2n) is 4.68. The molecule has 0 bridgehead atoms. The fourth-order valence-electron chi connectivity index (χ4n) is 2.08. The van der Waals surface area contributed by atoms with E-state index in [1.807, 2.05) is 0 Å². The number of anilines is 1. The van der Waals surface area contributed by atoms with Gasteiger partial charge in [0.2, 0.25) is 0 Å². The van der Waals surface area contributed by atoms with Gasteiger partial charge in [-0.15, -0.1) is 11.8 Å². The number of hydrogen-bond acceptors (Lipinski definition) is 3. The minimum absolute atomic E-state index is 0.228. The summed E-state index contributed by atoms with van der Waals surface area (Å²) in [6.07, 6.45) is 0. The predicted molar refractivity (Wildman–Crippen MR) is 85.4 cm³/mol. The van der Waals surface area contributed by atoms with Gasteiger partial charge in [-0.25, -0.2) is 9.59 Å². The molecule has 8 heteroatoms. The highest BCUT2D eigenvalue weighted by Gasteiger charge is 2.39. The monoisotopic (exact) mass is 348 g/mol. The number of carboxylic acids is 1. The molecular formula is C13H14Cl2N2O3S. The Balaban J connectivity index is 2.26. The van der Waals surface area contributed by atoms with Gasteiger partial charge in [0.05, 0.1) is 21.1 Å². The summed E-state index contributed by atoms with van der Waals surface area (Å²) in [4.78, 5) is 24.9. The number of amides is 2. The van der Waals surface area contributed by atoms with Crippen LogP contribution in [0.1, 0.15) is 12.5 Å². The van der Waals surface area contributed by atoms with E-state index in [9.17, 15) is 14.7 Å². The number of nitrogens with one attached hydrogen (secondary N) is 1. The summed E-state index contributed by atoms with van der Waals surface area (Å²) in [5, 5.41) is 12.2. The Hall–Kier alpha value is -1.11. The smallest absolute Gasteiger partial charge is 0.327 e. The number of benzene rings is 1. The quantitative estimate of drug-likeness (QED) is 0.855. The molecule has 21 heavy (non-hydrogen) atoms. The molecule has 2 rings (SSSR count). The van der Waals surface area contributed by atoms with E-state index < -0.39 is 18.0 Å². The third kappa shape index (κ3) is 3.22. The number of nitrogens with zero attached hydrogens (tertiary/aromatic N) is 1. The Morgan fingerprint density at radius 2 is 2.10 bits per heavy atom. The van der Waals surface area contributed by atoms with Crippen molar-refractivity contribution in [2.24, 2.45) is 0 Å². The molecule has 2 atom stereocenters. The zero-order valence-corrected chi connectivity index (χ0v) is 13.7. The normalized spacial score (nSPS) is 21.4. The lowest BCUT2D eigenvalue weighted by Crippen LogP contribution is -2.46. The van der Waals surface area contributed by atoms with E-state index in [1.165, 1.54) is 16.7 Å². The highest BCUT2D eigenvalue weighted by molar-refractivity contribution is 8.00. The molecule has 0 saturated carbocycles. The molecule has 1 heterocycles. The molecular weight excluding hydrogens is 335 g/mol. The van der Waals surface area contributed by atoms with Crippen molar-refractivity contribution in [1.82, 2.24) is 4.90 Å². The zero-order valence-electron chi connectivity index (χ0n) is 11.4. The first kappa shape index (κ1) is 16.3. The fourth-order valence-corrected chi connectivity index (χ4v) is 3.72. The molecule has 0 aliphatic carbocycles. The van der Waals surface area contributed by atoms with Crippen molar-refractivity contribution in [2.75, 3.05) is 11.1 Å². The third-order valence-corrected chi connectivity index (χ3v) is 5.28. The van der Waals surface area contributed by atoms with E-state index in [0.717, 1.165) is 5.56 Å². The van der Waals surface area contributed by atoms with Gasteiger partial charge >= 0.3 is 12.0 Å². The predicted octanol–water partition coefficient (Wildman–Crippen LogP) is 3.68. The molecule has 1 fully saturated rings. The summed E-state index contributed by atoms with van der Waals surface area (Å²) in [6, 6.07) is 2.01. The number of halogens is 2. The third-order valence-electron chi connectivity index (χ3n) is 3.26. The van der Waals surface area contributed by atoms with Crippen molar-refractivity contribution in [1.29, 1.82) is 0 Å². The molecule has 0 aromatic heterocycles. The van der Waals surface area contributed by atoms with E-state index in [0.29, 0.717) is 21.5 Å². The van der Waals surface area contributed by atoms with Gasteiger partial charge in [-0.2, -0.15) is 0 Å². The van der Waals surface area contributed by atoms with E-state index in [2.05, 4.69) is 5.32 Å². The van der Waals surface area contributed by atoms with Crippen molar-refractivity contribution in [3.05, 3.63) is 27.7 Å². The van der Waals surface area contributed by atoms with Gasteiger partial charge in [0, 0.05) is 5.75 Å². The highest BCUT2D eigenvalue weighted by atomic mass is 35.5. The molecule has 5 nitrogen and oxygen atoms in total. The lowest BCUT2D eigenvalue weighted by atomic mass is 10.2. The van der Waals surface area contributed by atoms with Crippen LogP contribution in [-0.2, 0) is 4.79 Å². The minimum atomic E-state index is -1.02. The molecule has 0 spiro atoms. The minimum Gasteiger partial charge on any atom is -0.480 e. The van der Waals surface area contributed by atoms with Gasteiger partial charge in [-0.3, -0.25) is 4.90 Å². The van der Waals surface area contributed by atoms with Crippen molar-refractivity contribution in [3.8, 4) is 0 Å². The summed E-state index contributed by atoms with van der Waals surface area (Å²) < 4.78 is 0. The molecule has 0 radical (unpaired) electrons. The van der Waals surface area contributed by atoms with Crippen molar-refractivity contribution in [3.63, 3.8) is 0 Å². The zero-order chi connectivity index (χ0) is 15.7. The van der Waals surface area contributed by atoms with Crippen LogP contribution in [0.2, 0.25) is 10.0 Å². The first-order valence-corrected chi connectivity index (χ1v) is 8.01. The number of aliphatic carboxylic acids is 1. The van der Waals surface area contributed by atoms with Crippen molar-refractivity contribution >= 4 is 52.7 Å². The van der Waals surface area contributed by atoms with Gasteiger partial charge < -0.3 is 10.4 Å². The van der Waals surface area contributed by atoms with E-state index in [4.69, 9.17) is 23.2 Å². The Morgan fingerprint density at radius 3 is 2.71 bits per heavy atom. The standard InChI is InChI=1S/C13H14Cl2N2O3S/c1-6-3-4-8(14)11(10(6)15)16-13(20)17-7(2)21-5-9(17)12(18)19/h3-4,7,9H,5H2,1-2H3,(H,16,20)(H,18,19). The van der Waals surface area contributed by atoms with Crippen LogP contribution in [0.15, 0.2) is 12.1 Å². The van der Waals surface area contributed by atoms with E-state index in [-0.39, 0.29) is 5.37 Å². The number of thioether (sulfide) groups is 1. The molecule has 1 saturated heterocycles. The number of urea groups is 1. The first-order chi connectivity index (χ1) is 9.82. The Kier molecular flexibility index (Phi) is 4.91. The molecule has 1 aliphatic rings. The fraction of sp³-hybridized carbons (Fsp3) is 0.385. The maximum atomic E-state index is 12.4. The van der Waals surface area contributed by atoms with Crippen LogP contribution < -0.4 is 5.32 Å². The average molecular weight is 349 g/mol. The van der Waals surface area contributed by atoms with E-state index in [1.54, 1.807) is 26.0 Å². The molecule has 2 N–H and O–H groups in total. The molecule has 1 aliphatic heterocycles. The van der Waals surface area contributed by atoms with Crippen LogP contribution in [-0.4, -0.2) is 39.2 Å². The molecule has 1 aromatic carbocycles. The second-order valence-corrected chi connectivity index (χ2v) is 6.81. The summed E-state index contributed by atoms with van der Waals surface area (Å²) in [7, 11) is 0. The van der Waals surface area contributed by atoms with Gasteiger partial charge in [0.1, 0.15) is 6.04 Å². The SMILES string of the molecule is Cc1ccc(Cl)c(NC(=O)N2C(C)SCC2C(=O)O)c1Cl. The van der Waals surface area contributed by atoms with Gasteiger partial charge in [-0.1, -0.05) is 29.3 Å². The average Bonchev–Trinajstić information content (AvgIpc) is 2.81. The van der Waals surface area contributed by atoms with Crippen molar-refractivity contribution in [2.45, 2.75) is 25.3 Å². The second kappa shape index (κ2) is 6.34. The van der Waals surface area contributed by atoms with Crippen LogP contribution in [0.5, 0.6) is 0 Å². The molecule has 2 amide bonds.